The van der Waals surface area contributed by atoms with Crippen LogP contribution in [0.15, 0.2) is 42.5 Å². The van der Waals surface area contributed by atoms with Crippen LogP contribution < -0.4 is 9.21 Å². The van der Waals surface area contributed by atoms with E-state index in [1.807, 2.05) is 31.2 Å². The Morgan fingerprint density at radius 1 is 1.27 bits per heavy atom. The molecule has 1 heterocycles. The molecule has 7 heteroatoms. The third-order valence-electron chi connectivity index (χ3n) is 4.58. The predicted molar refractivity (Wildman–Crippen MR) is 105 cm³/mol. The number of carbonyl (C=O) groups is 1. The summed E-state index contributed by atoms with van der Waals surface area (Å²) in [5.74, 6) is -0.248. The number of benzene rings is 2. The van der Waals surface area contributed by atoms with Crippen molar-refractivity contribution in [1.82, 2.24) is 0 Å². The van der Waals surface area contributed by atoms with Crippen molar-refractivity contribution in [3.63, 3.8) is 0 Å². The SMILES string of the molecule is Cc1cc(Cl)ccc1N(CC(=O)N1c2ccccc2C[C@@H]1C)S(C)(=O)=O. The highest BCUT2D eigenvalue weighted by Crippen LogP contribution is 2.33. The summed E-state index contributed by atoms with van der Waals surface area (Å²) in [4.78, 5) is 14.7. The number of rotatable bonds is 4. The van der Waals surface area contributed by atoms with Gasteiger partial charge in [0.25, 0.3) is 0 Å². The Balaban J connectivity index is 1.94. The first-order chi connectivity index (χ1) is 12.2. The molecule has 3 rings (SSSR count). The number of para-hydroxylation sites is 1. The Labute approximate surface area is 159 Å². The molecule has 0 radical (unpaired) electrons. The van der Waals surface area contributed by atoms with Crippen molar-refractivity contribution in [1.29, 1.82) is 0 Å². The van der Waals surface area contributed by atoms with E-state index in [-0.39, 0.29) is 18.5 Å². The van der Waals surface area contributed by atoms with Crippen LogP contribution in [-0.2, 0) is 21.2 Å². The maximum atomic E-state index is 13.0. The number of carbonyl (C=O) groups excluding carboxylic acids is 1. The predicted octanol–water partition coefficient (Wildman–Crippen LogP) is 3.39. The van der Waals surface area contributed by atoms with Gasteiger partial charge in [-0.05, 0) is 55.7 Å². The van der Waals surface area contributed by atoms with E-state index in [0.29, 0.717) is 16.3 Å². The second kappa shape index (κ2) is 6.93. The van der Waals surface area contributed by atoms with Crippen LogP contribution in [0.1, 0.15) is 18.1 Å². The van der Waals surface area contributed by atoms with Crippen LogP contribution in [0.3, 0.4) is 0 Å². The lowest BCUT2D eigenvalue weighted by Crippen LogP contribution is -2.45. The van der Waals surface area contributed by atoms with Gasteiger partial charge in [-0.3, -0.25) is 9.10 Å². The molecule has 2 aromatic carbocycles. The summed E-state index contributed by atoms with van der Waals surface area (Å²) in [6, 6.07) is 12.7. The molecule has 0 aliphatic carbocycles. The number of sulfonamides is 1. The Morgan fingerprint density at radius 2 is 1.96 bits per heavy atom. The molecule has 1 atom stereocenters. The van der Waals surface area contributed by atoms with Gasteiger partial charge in [0.1, 0.15) is 6.54 Å². The van der Waals surface area contributed by atoms with Crippen molar-refractivity contribution in [3.8, 4) is 0 Å². The zero-order chi connectivity index (χ0) is 19.1. The summed E-state index contributed by atoms with van der Waals surface area (Å²) in [6.45, 7) is 3.49. The summed E-state index contributed by atoms with van der Waals surface area (Å²) in [5, 5.41) is 0.521. The van der Waals surface area contributed by atoms with Crippen LogP contribution in [0.4, 0.5) is 11.4 Å². The summed E-state index contributed by atoms with van der Waals surface area (Å²) in [5.41, 5.74) is 3.11. The summed E-state index contributed by atoms with van der Waals surface area (Å²) in [7, 11) is -3.63. The lowest BCUT2D eigenvalue weighted by Gasteiger charge is -2.28. The summed E-state index contributed by atoms with van der Waals surface area (Å²) in [6.07, 6.45) is 1.87. The van der Waals surface area contributed by atoms with Gasteiger partial charge < -0.3 is 4.90 Å². The lowest BCUT2D eigenvalue weighted by molar-refractivity contribution is -0.117. The van der Waals surface area contributed by atoms with Crippen LogP contribution in [0, 0.1) is 6.92 Å². The largest absolute Gasteiger partial charge is 0.307 e. The standard InChI is InChI=1S/C19H21ClN2O3S/c1-13-10-16(20)8-9-17(13)21(26(3,24)25)12-19(23)22-14(2)11-15-6-4-5-7-18(15)22/h4-10,14H,11-12H2,1-3H3/t14-/m0/s1. The third-order valence-corrected chi connectivity index (χ3v) is 5.94. The van der Waals surface area contributed by atoms with Crippen molar-refractivity contribution < 1.29 is 13.2 Å². The monoisotopic (exact) mass is 392 g/mol. The Kier molecular flexibility index (Phi) is 4.99. The number of hydrogen-bond acceptors (Lipinski definition) is 3. The smallest absolute Gasteiger partial charge is 0.248 e. The first-order valence-electron chi connectivity index (χ1n) is 8.32. The van der Waals surface area contributed by atoms with Crippen molar-refractivity contribution in [2.45, 2.75) is 26.3 Å². The van der Waals surface area contributed by atoms with Crippen LogP contribution in [-0.4, -0.2) is 33.2 Å². The van der Waals surface area contributed by atoms with E-state index in [4.69, 9.17) is 11.6 Å². The molecule has 0 unspecified atom stereocenters. The van der Waals surface area contributed by atoms with Gasteiger partial charge in [0, 0.05) is 16.8 Å². The van der Waals surface area contributed by atoms with Crippen molar-refractivity contribution >= 4 is 38.9 Å². The van der Waals surface area contributed by atoms with E-state index < -0.39 is 10.0 Å². The minimum atomic E-state index is -3.63. The average Bonchev–Trinajstić information content (AvgIpc) is 2.88. The molecule has 1 amide bonds. The van der Waals surface area contributed by atoms with Gasteiger partial charge in [-0.2, -0.15) is 0 Å². The molecular weight excluding hydrogens is 372 g/mol. The Bertz CT molecular complexity index is 959. The minimum absolute atomic E-state index is 0.00683. The quantitative estimate of drug-likeness (QED) is 0.801. The van der Waals surface area contributed by atoms with Crippen LogP contribution in [0.2, 0.25) is 5.02 Å². The molecule has 0 spiro atoms. The fraction of sp³-hybridized carbons (Fsp3) is 0.316. The first kappa shape index (κ1) is 18.7. The number of hydrogen-bond donors (Lipinski definition) is 0. The maximum Gasteiger partial charge on any atom is 0.248 e. The second-order valence-electron chi connectivity index (χ2n) is 6.65. The number of nitrogens with zero attached hydrogens (tertiary/aromatic N) is 2. The normalized spacial score (nSPS) is 16.5. The molecular formula is C19H21ClN2O3S. The molecule has 26 heavy (non-hydrogen) atoms. The van der Waals surface area contributed by atoms with E-state index in [1.54, 1.807) is 30.0 Å². The fourth-order valence-electron chi connectivity index (χ4n) is 3.42. The van der Waals surface area contributed by atoms with Gasteiger partial charge in [-0.25, -0.2) is 8.42 Å². The zero-order valence-electron chi connectivity index (χ0n) is 14.9. The number of anilines is 2. The Morgan fingerprint density at radius 3 is 2.62 bits per heavy atom. The highest BCUT2D eigenvalue weighted by Gasteiger charge is 2.33. The third kappa shape index (κ3) is 3.57. The van der Waals surface area contributed by atoms with Crippen LogP contribution in [0.25, 0.3) is 0 Å². The van der Waals surface area contributed by atoms with Crippen LogP contribution >= 0.6 is 11.6 Å². The number of fused-ring (bicyclic) bond motifs is 1. The summed E-state index contributed by atoms with van der Waals surface area (Å²) >= 11 is 5.98. The van der Waals surface area contributed by atoms with E-state index in [2.05, 4.69) is 0 Å². The Hall–Kier alpha value is -2.05. The molecule has 0 N–H and O–H groups in total. The van der Waals surface area contributed by atoms with Gasteiger partial charge in [0.05, 0.1) is 11.9 Å². The number of aryl methyl sites for hydroxylation is 1. The molecule has 0 saturated carbocycles. The van der Waals surface area contributed by atoms with Crippen molar-refractivity contribution in [2.24, 2.45) is 0 Å². The zero-order valence-corrected chi connectivity index (χ0v) is 16.5. The van der Waals surface area contributed by atoms with Crippen molar-refractivity contribution in [2.75, 3.05) is 22.0 Å². The lowest BCUT2D eigenvalue weighted by atomic mass is 10.1. The van der Waals surface area contributed by atoms with Gasteiger partial charge in [0.15, 0.2) is 0 Å². The molecule has 1 aliphatic heterocycles. The van der Waals surface area contributed by atoms with E-state index in [9.17, 15) is 13.2 Å². The van der Waals surface area contributed by atoms with E-state index >= 15 is 0 Å². The van der Waals surface area contributed by atoms with E-state index in [1.165, 1.54) is 0 Å². The van der Waals surface area contributed by atoms with Crippen molar-refractivity contribution in [3.05, 3.63) is 58.6 Å². The van der Waals surface area contributed by atoms with Crippen LogP contribution in [0.5, 0.6) is 0 Å². The molecule has 0 aromatic heterocycles. The molecule has 138 valence electrons. The molecule has 1 aliphatic rings. The van der Waals surface area contributed by atoms with Gasteiger partial charge in [-0.1, -0.05) is 29.8 Å². The maximum absolute atomic E-state index is 13.0. The second-order valence-corrected chi connectivity index (χ2v) is 8.99. The summed E-state index contributed by atoms with van der Waals surface area (Å²) < 4.78 is 25.9. The molecule has 2 aromatic rings. The molecule has 0 bridgehead atoms. The average molecular weight is 393 g/mol. The first-order valence-corrected chi connectivity index (χ1v) is 10.5. The fourth-order valence-corrected chi connectivity index (χ4v) is 4.56. The number of amides is 1. The molecule has 0 fully saturated rings. The molecule has 5 nitrogen and oxygen atoms in total. The van der Waals surface area contributed by atoms with E-state index in [0.717, 1.165) is 28.2 Å². The highest BCUT2D eigenvalue weighted by atomic mass is 35.5. The topological polar surface area (TPSA) is 57.7 Å². The highest BCUT2D eigenvalue weighted by molar-refractivity contribution is 7.92. The van der Waals surface area contributed by atoms with Gasteiger partial charge in [-0.15, -0.1) is 0 Å². The number of halogens is 1. The van der Waals surface area contributed by atoms with Gasteiger partial charge >= 0.3 is 0 Å². The molecule has 0 saturated heterocycles. The minimum Gasteiger partial charge on any atom is -0.307 e. The van der Waals surface area contributed by atoms with Gasteiger partial charge in [0.2, 0.25) is 15.9 Å².